The Bertz CT molecular complexity index is 655. The lowest BCUT2D eigenvalue weighted by Crippen LogP contribution is -2.51. The summed E-state index contributed by atoms with van der Waals surface area (Å²) in [5.74, 6) is -0.145. The van der Waals surface area contributed by atoms with Gasteiger partial charge in [0.1, 0.15) is 11.9 Å². The number of piperazine rings is 1. The second kappa shape index (κ2) is 8.00. The number of nitrogens with zero attached hydrogens (tertiary/aromatic N) is 3. The van der Waals surface area contributed by atoms with Gasteiger partial charge in [-0.2, -0.15) is 0 Å². The summed E-state index contributed by atoms with van der Waals surface area (Å²) in [4.78, 5) is 8.84. The largest absolute Gasteiger partial charge is 0.381 e. The van der Waals surface area contributed by atoms with E-state index in [4.69, 9.17) is 19.9 Å². The lowest BCUT2D eigenvalue weighted by Gasteiger charge is -2.36. The van der Waals surface area contributed by atoms with Gasteiger partial charge in [0, 0.05) is 44.7 Å². The first-order valence-electron chi connectivity index (χ1n) is 9.58. The van der Waals surface area contributed by atoms with Crippen LogP contribution in [0, 0.1) is 5.82 Å². The normalized spacial score (nSPS) is 26.0. The molecular weight excluding hydrogens is 351 g/mol. The summed E-state index contributed by atoms with van der Waals surface area (Å²) in [6.07, 6.45) is 1.49. The summed E-state index contributed by atoms with van der Waals surface area (Å²) in [6.45, 7) is 5.64. The first-order chi connectivity index (χ1) is 13.1. The van der Waals surface area contributed by atoms with Crippen LogP contribution in [0.4, 0.5) is 10.1 Å². The van der Waals surface area contributed by atoms with Crippen LogP contribution < -0.4 is 10.6 Å². The molecule has 7 nitrogen and oxygen atoms in total. The molecular formula is C19H27FN4O3. The van der Waals surface area contributed by atoms with Gasteiger partial charge in [-0.05, 0) is 24.3 Å². The van der Waals surface area contributed by atoms with Crippen LogP contribution in [0.2, 0.25) is 0 Å². The summed E-state index contributed by atoms with van der Waals surface area (Å²) in [6, 6.07) is 6.61. The smallest absolute Gasteiger partial charge is 0.191 e. The van der Waals surface area contributed by atoms with Gasteiger partial charge in [-0.3, -0.25) is 4.99 Å². The molecule has 3 aliphatic rings. The average molecular weight is 378 g/mol. The lowest BCUT2D eigenvalue weighted by molar-refractivity contribution is -0.210. The van der Waals surface area contributed by atoms with Gasteiger partial charge in [-0.1, -0.05) is 0 Å². The van der Waals surface area contributed by atoms with Gasteiger partial charge < -0.3 is 29.7 Å². The Morgan fingerprint density at radius 1 is 1.15 bits per heavy atom. The molecule has 0 saturated carbocycles. The van der Waals surface area contributed by atoms with Crippen LogP contribution in [0.15, 0.2) is 29.3 Å². The van der Waals surface area contributed by atoms with Gasteiger partial charge in [0.15, 0.2) is 11.7 Å². The monoisotopic (exact) mass is 378 g/mol. The van der Waals surface area contributed by atoms with Gasteiger partial charge in [0.25, 0.3) is 0 Å². The van der Waals surface area contributed by atoms with E-state index in [-0.39, 0.29) is 11.9 Å². The van der Waals surface area contributed by atoms with Crippen LogP contribution in [0.1, 0.15) is 12.8 Å². The molecule has 3 aliphatic heterocycles. The van der Waals surface area contributed by atoms with Crippen LogP contribution in [-0.2, 0) is 14.2 Å². The number of anilines is 1. The Morgan fingerprint density at radius 3 is 2.56 bits per heavy atom. The van der Waals surface area contributed by atoms with E-state index < -0.39 is 5.79 Å². The molecule has 3 saturated heterocycles. The second-order valence-electron chi connectivity index (χ2n) is 7.22. The van der Waals surface area contributed by atoms with Crippen molar-refractivity contribution < 1.29 is 18.6 Å². The van der Waals surface area contributed by atoms with Gasteiger partial charge in [-0.15, -0.1) is 0 Å². The third-order valence-electron chi connectivity index (χ3n) is 5.42. The van der Waals surface area contributed by atoms with Crippen LogP contribution in [0.5, 0.6) is 0 Å². The Hall–Kier alpha value is -1.90. The Morgan fingerprint density at radius 2 is 1.85 bits per heavy atom. The van der Waals surface area contributed by atoms with Crippen molar-refractivity contribution in [2.45, 2.75) is 24.7 Å². The molecule has 3 heterocycles. The molecule has 1 unspecified atom stereocenters. The molecule has 3 fully saturated rings. The van der Waals surface area contributed by atoms with E-state index in [9.17, 15) is 4.39 Å². The maximum atomic E-state index is 13.1. The third-order valence-corrected chi connectivity index (χ3v) is 5.42. The Kier molecular flexibility index (Phi) is 5.47. The van der Waals surface area contributed by atoms with Crippen molar-refractivity contribution in [3.05, 3.63) is 30.1 Å². The van der Waals surface area contributed by atoms with Crippen LogP contribution in [-0.4, -0.2) is 75.3 Å². The number of aliphatic imine (C=N–C) groups is 1. The SMILES string of the molecule is NC(=NCC1COC2(CCOCC2)O1)N1CCN(c2ccc(F)cc2)CC1. The first kappa shape index (κ1) is 18.5. The molecule has 0 aliphatic carbocycles. The van der Waals surface area contributed by atoms with Crippen LogP contribution >= 0.6 is 0 Å². The van der Waals surface area contributed by atoms with Crippen molar-refractivity contribution >= 4 is 11.6 Å². The highest BCUT2D eigenvalue weighted by Crippen LogP contribution is 2.33. The molecule has 1 aromatic carbocycles. The number of ether oxygens (including phenoxy) is 3. The first-order valence-corrected chi connectivity index (χ1v) is 9.58. The van der Waals surface area contributed by atoms with Crippen molar-refractivity contribution in [3.8, 4) is 0 Å². The van der Waals surface area contributed by atoms with Gasteiger partial charge in [0.05, 0.1) is 26.4 Å². The van der Waals surface area contributed by atoms with E-state index in [1.807, 2.05) is 12.1 Å². The van der Waals surface area contributed by atoms with E-state index >= 15 is 0 Å². The minimum atomic E-state index is -0.478. The number of benzene rings is 1. The van der Waals surface area contributed by atoms with E-state index in [1.165, 1.54) is 12.1 Å². The van der Waals surface area contributed by atoms with E-state index in [0.717, 1.165) is 44.7 Å². The zero-order chi connectivity index (χ0) is 18.7. The summed E-state index contributed by atoms with van der Waals surface area (Å²) in [7, 11) is 0. The van der Waals surface area contributed by atoms with Gasteiger partial charge in [-0.25, -0.2) is 4.39 Å². The highest BCUT2D eigenvalue weighted by Gasteiger charge is 2.42. The highest BCUT2D eigenvalue weighted by atomic mass is 19.1. The minimum Gasteiger partial charge on any atom is -0.381 e. The van der Waals surface area contributed by atoms with Gasteiger partial charge in [0.2, 0.25) is 0 Å². The zero-order valence-corrected chi connectivity index (χ0v) is 15.5. The van der Waals surface area contributed by atoms with Crippen molar-refractivity contribution in [2.24, 2.45) is 10.7 Å². The minimum absolute atomic E-state index is 0.0536. The fourth-order valence-corrected chi connectivity index (χ4v) is 3.79. The summed E-state index contributed by atoms with van der Waals surface area (Å²) >= 11 is 0. The molecule has 2 N–H and O–H groups in total. The summed E-state index contributed by atoms with van der Waals surface area (Å²) < 4.78 is 30.4. The second-order valence-corrected chi connectivity index (χ2v) is 7.22. The fraction of sp³-hybridized carbons (Fsp3) is 0.632. The van der Waals surface area contributed by atoms with E-state index in [0.29, 0.717) is 32.3 Å². The van der Waals surface area contributed by atoms with Crippen molar-refractivity contribution in [1.82, 2.24) is 4.90 Å². The molecule has 148 valence electrons. The number of guanidine groups is 1. The van der Waals surface area contributed by atoms with Gasteiger partial charge >= 0.3 is 0 Å². The quantitative estimate of drug-likeness (QED) is 0.629. The van der Waals surface area contributed by atoms with E-state index in [2.05, 4.69) is 14.8 Å². The lowest BCUT2D eigenvalue weighted by atomic mass is 10.1. The van der Waals surface area contributed by atoms with Crippen LogP contribution in [0.25, 0.3) is 0 Å². The number of hydrogen-bond donors (Lipinski definition) is 1. The number of rotatable bonds is 3. The maximum absolute atomic E-state index is 13.1. The molecule has 8 heteroatoms. The highest BCUT2D eigenvalue weighted by molar-refractivity contribution is 5.78. The Labute approximate surface area is 158 Å². The molecule has 1 aromatic rings. The van der Waals surface area contributed by atoms with Crippen molar-refractivity contribution in [1.29, 1.82) is 0 Å². The molecule has 0 bridgehead atoms. The fourth-order valence-electron chi connectivity index (χ4n) is 3.79. The molecule has 0 aromatic heterocycles. The molecule has 1 atom stereocenters. The molecule has 0 amide bonds. The zero-order valence-electron chi connectivity index (χ0n) is 15.5. The molecule has 4 rings (SSSR count). The topological polar surface area (TPSA) is 72.5 Å². The molecule has 1 spiro atoms. The van der Waals surface area contributed by atoms with Crippen molar-refractivity contribution in [3.63, 3.8) is 0 Å². The average Bonchev–Trinajstić information content (AvgIpc) is 3.09. The number of halogens is 1. The predicted octanol–water partition coefficient (Wildman–Crippen LogP) is 1.18. The molecule has 0 radical (unpaired) electrons. The van der Waals surface area contributed by atoms with E-state index in [1.54, 1.807) is 0 Å². The maximum Gasteiger partial charge on any atom is 0.191 e. The summed E-state index contributed by atoms with van der Waals surface area (Å²) in [5, 5.41) is 0. The standard InChI is InChI=1S/C19H27FN4O3/c20-15-1-3-16(4-2-15)23-7-9-24(10-8-23)18(21)22-13-17-14-26-19(27-17)5-11-25-12-6-19/h1-4,17H,5-14H2,(H2,21,22). The Balaban J connectivity index is 1.25. The number of hydrogen-bond acceptors (Lipinski definition) is 5. The summed E-state index contributed by atoms with van der Waals surface area (Å²) in [5.41, 5.74) is 7.22. The third kappa shape index (κ3) is 4.34. The molecule has 27 heavy (non-hydrogen) atoms. The number of nitrogens with two attached hydrogens (primary N) is 1. The van der Waals surface area contributed by atoms with Crippen LogP contribution in [0.3, 0.4) is 0 Å². The van der Waals surface area contributed by atoms with Crippen molar-refractivity contribution in [2.75, 3.05) is 57.4 Å². The predicted molar refractivity (Wildman–Crippen MR) is 100 cm³/mol.